The summed E-state index contributed by atoms with van der Waals surface area (Å²) in [6.07, 6.45) is 1.75. The maximum Gasteiger partial charge on any atom is 0.336 e. The Morgan fingerprint density at radius 2 is 1.93 bits per heavy atom. The molecule has 0 saturated carbocycles. The molecule has 4 aromatic rings. The zero-order valence-electron chi connectivity index (χ0n) is 15.8. The molecule has 6 nitrogen and oxygen atoms in total. The van der Waals surface area contributed by atoms with E-state index in [1.165, 1.54) is 6.07 Å². The molecule has 1 aliphatic rings. The zero-order chi connectivity index (χ0) is 19.8. The molecule has 0 amide bonds. The Balaban J connectivity index is 1.65. The maximum absolute atomic E-state index is 12.4. The van der Waals surface area contributed by atoms with Crippen LogP contribution in [0.25, 0.3) is 22.1 Å². The van der Waals surface area contributed by atoms with Gasteiger partial charge in [-0.3, -0.25) is 0 Å². The first-order valence-electron chi connectivity index (χ1n) is 9.26. The number of rotatable bonds is 3. The minimum absolute atomic E-state index is 0.387. The molecule has 3 heterocycles. The summed E-state index contributed by atoms with van der Waals surface area (Å²) in [5.74, 6) is 2.29. The van der Waals surface area contributed by atoms with E-state index in [9.17, 15) is 4.79 Å². The van der Waals surface area contributed by atoms with Crippen molar-refractivity contribution >= 4 is 16.8 Å². The third kappa shape index (κ3) is 3.08. The molecule has 144 valence electrons. The number of fused-ring (bicyclic) bond motifs is 3. The molecule has 1 aliphatic heterocycles. The fourth-order valence-electron chi connectivity index (χ4n) is 3.63. The Labute approximate surface area is 166 Å². The quantitative estimate of drug-likeness (QED) is 0.491. The Morgan fingerprint density at radius 3 is 2.69 bits per heavy atom. The molecule has 6 heteroatoms. The fraction of sp³-hybridized carbons (Fsp3) is 0.130. The molecule has 0 spiro atoms. The number of aromatic nitrogens is 1. The van der Waals surface area contributed by atoms with Gasteiger partial charge in [-0.2, -0.15) is 0 Å². The first-order chi connectivity index (χ1) is 14.2. The predicted octanol–water partition coefficient (Wildman–Crippen LogP) is 4.22. The summed E-state index contributed by atoms with van der Waals surface area (Å²) >= 11 is 0. The molecule has 2 aromatic carbocycles. The molecule has 0 fully saturated rings. The summed E-state index contributed by atoms with van der Waals surface area (Å²) in [5, 5.41) is 0.861. The average Bonchev–Trinajstić information content (AvgIpc) is 2.79. The van der Waals surface area contributed by atoms with Gasteiger partial charge in [0.25, 0.3) is 0 Å². The van der Waals surface area contributed by atoms with E-state index in [-0.39, 0.29) is 0 Å². The van der Waals surface area contributed by atoms with Crippen molar-refractivity contribution < 1.29 is 13.9 Å². The van der Waals surface area contributed by atoms with Crippen LogP contribution in [0.5, 0.6) is 11.5 Å². The summed E-state index contributed by atoms with van der Waals surface area (Å²) in [6, 6.07) is 18.7. The Morgan fingerprint density at radius 1 is 1.07 bits per heavy atom. The van der Waals surface area contributed by atoms with Crippen molar-refractivity contribution in [3.63, 3.8) is 0 Å². The highest BCUT2D eigenvalue weighted by Crippen LogP contribution is 2.37. The topological polar surface area (TPSA) is 64.8 Å². The molecule has 0 saturated heterocycles. The number of benzene rings is 2. The van der Waals surface area contributed by atoms with Crippen molar-refractivity contribution in [2.45, 2.75) is 6.54 Å². The minimum Gasteiger partial charge on any atom is -0.497 e. The molecule has 29 heavy (non-hydrogen) atoms. The molecular formula is C23H18N2O4. The van der Waals surface area contributed by atoms with Gasteiger partial charge in [0.2, 0.25) is 0 Å². The van der Waals surface area contributed by atoms with Crippen LogP contribution < -0.4 is 20.0 Å². The van der Waals surface area contributed by atoms with Crippen molar-refractivity contribution in [1.82, 2.24) is 4.98 Å². The second-order valence-electron chi connectivity index (χ2n) is 6.79. The number of hydrogen-bond donors (Lipinski definition) is 0. The summed E-state index contributed by atoms with van der Waals surface area (Å²) in [4.78, 5) is 18.8. The number of anilines is 1. The van der Waals surface area contributed by atoms with Gasteiger partial charge in [0.15, 0.2) is 6.73 Å². The normalized spacial score (nSPS) is 13.1. The molecule has 0 bridgehead atoms. The van der Waals surface area contributed by atoms with Gasteiger partial charge in [-0.1, -0.05) is 18.2 Å². The zero-order valence-corrected chi connectivity index (χ0v) is 15.8. The number of ether oxygens (including phenoxy) is 2. The van der Waals surface area contributed by atoms with Crippen LogP contribution in [0.2, 0.25) is 0 Å². The third-order valence-electron chi connectivity index (χ3n) is 5.07. The SMILES string of the molecule is COc1ccc(-c2cc(=O)oc3c4c(ccc23)OCN(c2ccccn2)C4)cc1. The Bertz CT molecular complexity index is 1230. The van der Waals surface area contributed by atoms with Gasteiger partial charge in [-0.05, 0) is 47.5 Å². The van der Waals surface area contributed by atoms with Crippen molar-refractivity contribution in [3.8, 4) is 22.6 Å². The number of nitrogens with zero attached hydrogens (tertiary/aromatic N) is 2. The summed E-state index contributed by atoms with van der Waals surface area (Å²) in [7, 11) is 1.63. The van der Waals surface area contributed by atoms with Gasteiger partial charge in [0, 0.05) is 17.6 Å². The summed E-state index contributed by atoms with van der Waals surface area (Å²) in [6.45, 7) is 0.927. The fourth-order valence-corrected chi connectivity index (χ4v) is 3.63. The van der Waals surface area contributed by atoms with Crippen molar-refractivity contribution in [2.75, 3.05) is 18.7 Å². The number of pyridine rings is 1. The lowest BCUT2D eigenvalue weighted by atomic mass is 9.99. The average molecular weight is 386 g/mol. The first kappa shape index (κ1) is 17.3. The van der Waals surface area contributed by atoms with Crippen LogP contribution in [0.15, 0.2) is 76.1 Å². The van der Waals surface area contributed by atoms with Crippen molar-refractivity contribution in [3.05, 3.63) is 82.8 Å². The van der Waals surface area contributed by atoms with Crippen LogP contribution in [0.4, 0.5) is 5.82 Å². The molecule has 2 aromatic heterocycles. The minimum atomic E-state index is -0.397. The second kappa shape index (κ2) is 6.98. The van der Waals surface area contributed by atoms with E-state index in [1.807, 2.05) is 59.5 Å². The van der Waals surface area contributed by atoms with Crippen LogP contribution in [0, 0.1) is 0 Å². The van der Waals surface area contributed by atoms with E-state index in [2.05, 4.69) is 4.98 Å². The summed E-state index contributed by atoms with van der Waals surface area (Å²) < 4.78 is 16.8. The van der Waals surface area contributed by atoms with Crippen LogP contribution in [-0.2, 0) is 6.54 Å². The molecule has 0 aliphatic carbocycles. The predicted molar refractivity (Wildman–Crippen MR) is 110 cm³/mol. The Kier molecular flexibility index (Phi) is 4.17. The number of hydrogen-bond acceptors (Lipinski definition) is 6. The lowest BCUT2D eigenvalue weighted by molar-refractivity contribution is 0.288. The van der Waals surface area contributed by atoms with Gasteiger partial charge in [-0.15, -0.1) is 0 Å². The van der Waals surface area contributed by atoms with Gasteiger partial charge >= 0.3 is 5.63 Å². The van der Waals surface area contributed by atoms with E-state index in [0.29, 0.717) is 18.9 Å². The van der Waals surface area contributed by atoms with E-state index in [0.717, 1.165) is 39.4 Å². The number of methoxy groups -OCH3 is 1. The lowest BCUT2D eigenvalue weighted by Gasteiger charge is -2.30. The lowest BCUT2D eigenvalue weighted by Crippen LogP contribution is -2.32. The van der Waals surface area contributed by atoms with E-state index < -0.39 is 5.63 Å². The first-order valence-corrected chi connectivity index (χ1v) is 9.26. The van der Waals surface area contributed by atoms with Crippen LogP contribution in [0.1, 0.15) is 5.56 Å². The highest BCUT2D eigenvalue weighted by Gasteiger charge is 2.23. The van der Waals surface area contributed by atoms with Crippen LogP contribution >= 0.6 is 0 Å². The molecule has 0 atom stereocenters. The molecular weight excluding hydrogens is 368 g/mol. The standard InChI is InChI=1S/C23H18N2O4/c1-27-16-7-5-15(6-8-16)18-12-22(26)29-23-17(18)9-10-20-19(23)13-25(14-28-20)21-4-2-3-11-24-21/h2-12H,13-14H2,1H3. The summed E-state index contributed by atoms with van der Waals surface area (Å²) in [5.41, 5.74) is 2.72. The smallest absolute Gasteiger partial charge is 0.336 e. The van der Waals surface area contributed by atoms with E-state index >= 15 is 0 Å². The highest BCUT2D eigenvalue weighted by atomic mass is 16.5. The molecule has 0 N–H and O–H groups in total. The maximum atomic E-state index is 12.4. The van der Waals surface area contributed by atoms with Gasteiger partial charge in [0.05, 0.1) is 19.2 Å². The van der Waals surface area contributed by atoms with Crippen molar-refractivity contribution in [2.24, 2.45) is 0 Å². The van der Waals surface area contributed by atoms with Gasteiger partial charge in [0.1, 0.15) is 22.9 Å². The molecule has 0 radical (unpaired) electrons. The monoisotopic (exact) mass is 386 g/mol. The van der Waals surface area contributed by atoms with Gasteiger partial charge < -0.3 is 18.8 Å². The molecule has 5 rings (SSSR count). The van der Waals surface area contributed by atoms with Crippen LogP contribution in [-0.4, -0.2) is 18.8 Å². The largest absolute Gasteiger partial charge is 0.497 e. The van der Waals surface area contributed by atoms with Gasteiger partial charge in [-0.25, -0.2) is 9.78 Å². The van der Waals surface area contributed by atoms with E-state index in [1.54, 1.807) is 13.3 Å². The van der Waals surface area contributed by atoms with Crippen molar-refractivity contribution in [1.29, 1.82) is 0 Å². The van der Waals surface area contributed by atoms with E-state index in [4.69, 9.17) is 13.9 Å². The third-order valence-corrected chi connectivity index (χ3v) is 5.07. The highest BCUT2D eigenvalue weighted by molar-refractivity contribution is 5.96. The second-order valence-corrected chi connectivity index (χ2v) is 6.79. The molecule has 0 unspecified atom stereocenters. The van der Waals surface area contributed by atoms with Crippen LogP contribution in [0.3, 0.4) is 0 Å². The Hall–Kier alpha value is -3.80.